The van der Waals surface area contributed by atoms with E-state index in [1.807, 2.05) is 49.4 Å². The molecule has 0 bridgehead atoms. The van der Waals surface area contributed by atoms with Crippen molar-refractivity contribution in [3.05, 3.63) is 81.6 Å². The van der Waals surface area contributed by atoms with Crippen LogP contribution in [0.1, 0.15) is 98.1 Å². The lowest BCUT2D eigenvalue weighted by atomic mass is 9.94. The summed E-state index contributed by atoms with van der Waals surface area (Å²) in [5.41, 5.74) is 4.60. The molecular formula is C41H49BrN6O5. The first kappa shape index (κ1) is 38.0. The maximum absolute atomic E-state index is 13.3. The molecule has 3 aromatic carbocycles. The Morgan fingerprint density at radius 2 is 1.72 bits per heavy atom. The van der Waals surface area contributed by atoms with Crippen LogP contribution >= 0.6 is 15.9 Å². The van der Waals surface area contributed by atoms with E-state index in [1.165, 1.54) is 12.8 Å². The van der Waals surface area contributed by atoms with E-state index in [2.05, 4.69) is 50.9 Å². The number of halogens is 1. The van der Waals surface area contributed by atoms with E-state index >= 15 is 0 Å². The quantitative estimate of drug-likeness (QED) is 0.0722. The molecule has 6 rings (SSSR count). The summed E-state index contributed by atoms with van der Waals surface area (Å²) in [5.74, 6) is 2.00. The number of piperidine rings is 1. The van der Waals surface area contributed by atoms with E-state index in [0.717, 1.165) is 76.7 Å². The van der Waals surface area contributed by atoms with Crippen LogP contribution in [0.25, 0.3) is 10.9 Å². The summed E-state index contributed by atoms with van der Waals surface area (Å²) >= 11 is 3.56. The third-order valence-corrected chi connectivity index (χ3v) is 10.5. The summed E-state index contributed by atoms with van der Waals surface area (Å²) in [6.45, 7) is 5.93. The van der Waals surface area contributed by atoms with Crippen LogP contribution in [0.2, 0.25) is 0 Å². The van der Waals surface area contributed by atoms with E-state index in [-0.39, 0.29) is 30.2 Å². The van der Waals surface area contributed by atoms with Gasteiger partial charge in [-0.3, -0.25) is 19.7 Å². The average molecular weight is 786 g/mol. The summed E-state index contributed by atoms with van der Waals surface area (Å²) in [5, 5.41) is 10.4. The highest BCUT2D eigenvalue weighted by molar-refractivity contribution is 9.10. The number of carbonyl (C=O) groups is 3. The third kappa shape index (κ3) is 9.45. The lowest BCUT2D eigenvalue weighted by molar-refractivity contribution is -0.136. The lowest BCUT2D eigenvalue weighted by Gasteiger charge is -2.36. The van der Waals surface area contributed by atoms with Gasteiger partial charge in [-0.2, -0.15) is 0 Å². The SMILES string of the molecule is COc1cc2c(NC(C)c3cccc(Br)c3)nc(C)nc2cc1OCCCCCCCCCNc1cccc2c1CCN(C1CCC(=O)NC1=O)C2=O. The molecule has 11 nitrogen and oxygen atoms in total. The Kier molecular flexibility index (Phi) is 12.8. The van der Waals surface area contributed by atoms with Crippen molar-refractivity contribution in [2.45, 2.75) is 90.1 Å². The fourth-order valence-corrected chi connectivity index (χ4v) is 7.62. The number of ether oxygens (including phenoxy) is 2. The number of unbranched alkanes of at least 4 members (excludes halogenated alkanes) is 6. The molecule has 2 unspecified atom stereocenters. The Balaban J connectivity index is 0.899. The second-order valence-corrected chi connectivity index (χ2v) is 14.8. The minimum Gasteiger partial charge on any atom is -0.493 e. The largest absolute Gasteiger partial charge is 0.493 e. The molecule has 1 saturated heterocycles. The standard InChI is InChI=1S/C41H49BrN6O5/c1-26(28-13-11-14-29(42)23-28)44-39-32-24-36(52-3)37(25-34(32)45-27(2)46-39)53-22-10-8-6-4-5-7-9-20-43-33-16-12-15-31-30(33)19-21-48(41(31)51)35-17-18-38(49)47-40(35)50/h11-16,23-26,35,43H,4-10,17-22H2,1-3H3,(H,44,45,46)(H,47,49,50). The summed E-state index contributed by atoms with van der Waals surface area (Å²) in [6, 6.07) is 17.4. The zero-order valence-electron chi connectivity index (χ0n) is 30.8. The smallest absolute Gasteiger partial charge is 0.254 e. The summed E-state index contributed by atoms with van der Waals surface area (Å²) in [7, 11) is 1.66. The van der Waals surface area contributed by atoms with Crippen LogP contribution in [0.15, 0.2) is 59.1 Å². The van der Waals surface area contributed by atoms with Crippen molar-refractivity contribution in [2.75, 3.05) is 37.4 Å². The molecule has 3 heterocycles. The van der Waals surface area contributed by atoms with Crippen LogP contribution < -0.4 is 25.4 Å². The number of aryl methyl sites for hydroxylation is 1. The van der Waals surface area contributed by atoms with Gasteiger partial charge in [-0.25, -0.2) is 9.97 Å². The summed E-state index contributed by atoms with van der Waals surface area (Å²) in [4.78, 5) is 48.3. The number of methoxy groups -OCH3 is 1. The van der Waals surface area contributed by atoms with Gasteiger partial charge >= 0.3 is 0 Å². The molecule has 1 fully saturated rings. The zero-order valence-corrected chi connectivity index (χ0v) is 32.4. The van der Waals surface area contributed by atoms with Gasteiger partial charge in [-0.05, 0) is 81.0 Å². The number of hydrogen-bond acceptors (Lipinski definition) is 9. The predicted molar refractivity (Wildman–Crippen MR) is 211 cm³/mol. The van der Waals surface area contributed by atoms with Gasteiger partial charge < -0.3 is 25.0 Å². The van der Waals surface area contributed by atoms with Gasteiger partial charge in [0.05, 0.1) is 25.3 Å². The van der Waals surface area contributed by atoms with Crippen molar-refractivity contribution in [3.63, 3.8) is 0 Å². The van der Waals surface area contributed by atoms with Gasteiger partial charge in [0, 0.05) is 46.7 Å². The molecule has 1 aromatic heterocycles. The molecule has 0 saturated carbocycles. The van der Waals surface area contributed by atoms with Gasteiger partial charge in [-0.1, -0.05) is 66.2 Å². The number of carbonyl (C=O) groups excluding carboxylic acids is 3. The number of amides is 3. The number of nitrogens with zero attached hydrogens (tertiary/aromatic N) is 3. The molecule has 3 amide bonds. The Morgan fingerprint density at radius 3 is 2.49 bits per heavy atom. The Labute approximate surface area is 319 Å². The first-order valence-corrected chi connectivity index (χ1v) is 19.5. The van der Waals surface area contributed by atoms with Crippen molar-refractivity contribution in [3.8, 4) is 11.5 Å². The molecule has 2 atom stereocenters. The summed E-state index contributed by atoms with van der Waals surface area (Å²) < 4.78 is 13.0. The van der Waals surface area contributed by atoms with Crippen molar-refractivity contribution in [2.24, 2.45) is 0 Å². The van der Waals surface area contributed by atoms with Gasteiger partial charge in [0.25, 0.3) is 5.91 Å². The fourth-order valence-electron chi connectivity index (χ4n) is 7.20. The number of benzene rings is 3. The maximum Gasteiger partial charge on any atom is 0.254 e. The average Bonchev–Trinajstić information content (AvgIpc) is 3.14. The molecule has 280 valence electrons. The number of anilines is 2. The second kappa shape index (κ2) is 17.9. The number of hydrogen-bond donors (Lipinski definition) is 3. The highest BCUT2D eigenvalue weighted by Gasteiger charge is 2.37. The van der Waals surface area contributed by atoms with E-state index in [9.17, 15) is 14.4 Å². The van der Waals surface area contributed by atoms with Gasteiger partial charge in [-0.15, -0.1) is 0 Å². The van der Waals surface area contributed by atoms with Crippen LogP contribution in [0.4, 0.5) is 11.5 Å². The second-order valence-electron chi connectivity index (χ2n) is 13.9. The Hall–Kier alpha value is -4.71. The van der Waals surface area contributed by atoms with Crippen LogP contribution in [0.3, 0.4) is 0 Å². The highest BCUT2D eigenvalue weighted by atomic mass is 79.9. The lowest BCUT2D eigenvalue weighted by Crippen LogP contribution is -2.56. The van der Waals surface area contributed by atoms with E-state index in [0.29, 0.717) is 48.9 Å². The highest BCUT2D eigenvalue weighted by Crippen LogP contribution is 2.36. The zero-order chi connectivity index (χ0) is 37.3. The number of nitrogens with one attached hydrogen (secondary N) is 3. The van der Waals surface area contributed by atoms with E-state index < -0.39 is 6.04 Å². The Bertz CT molecular complexity index is 1950. The van der Waals surface area contributed by atoms with Crippen molar-refractivity contribution < 1.29 is 23.9 Å². The molecule has 0 spiro atoms. The van der Waals surface area contributed by atoms with E-state index in [1.54, 1.807) is 12.0 Å². The fraction of sp³-hybridized carbons (Fsp3) is 0.439. The van der Waals surface area contributed by atoms with Crippen LogP contribution in [-0.4, -0.2) is 65.4 Å². The van der Waals surface area contributed by atoms with Crippen molar-refractivity contribution in [1.82, 2.24) is 20.2 Å². The topological polar surface area (TPSA) is 135 Å². The molecular weight excluding hydrogens is 736 g/mol. The Morgan fingerprint density at radius 1 is 0.943 bits per heavy atom. The molecule has 0 radical (unpaired) electrons. The minimum atomic E-state index is -0.583. The van der Waals surface area contributed by atoms with Crippen LogP contribution in [0, 0.1) is 6.92 Å². The van der Waals surface area contributed by atoms with Crippen molar-refractivity contribution in [1.29, 1.82) is 0 Å². The molecule has 4 aromatic rings. The van der Waals surface area contributed by atoms with E-state index in [4.69, 9.17) is 19.4 Å². The number of aromatic nitrogens is 2. The molecule has 2 aliphatic rings. The molecule has 12 heteroatoms. The molecule has 53 heavy (non-hydrogen) atoms. The van der Waals surface area contributed by atoms with Gasteiger partial charge in [0.2, 0.25) is 11.8 Å². The molecule has 0 aliphatic carbocycles. The van der Waals surface area contributed by atoms with Gasteiger partial charge in [0.15, 0.2) is 11.5 Å². The minimum absolute atomic E-state index is 0.0415. The van der Waals surface area contributed by atoms with Gasteiger partial charge in [0.1, 0.15) is 17.7 Å². The summed E-state index contributed by atoms with van der Waals surface area (Å²) in [6.07, 6.45) is 9.05. The molecule has 3 N–H and O–H groups in total. The first-order chi connectivity index (χ1) is 25.7. The maximum atomic E-state index is 13.3. The van der Waals surface area contributed by atoms with Crippen LogP contribution in [-0.2, 0) is 16.0 Å². The number of imide groups is 1. The van der Waals surface area contributed by atoms with Crippen LogP contribution in [0.5, 0.6) is 11.5 Å². The normalized spacial score (nSPS) is 16.3. The third-order valence-electron chi connectivity index (χ3n) is 10.0. The number of rotatable bonds is 17. The molecule has 2 aliphatic heterocycles. The van der Waals surface area contributed by atoms with Crippen molar-refractivity contribution >= 4 is 56.1 Å². The number of fused-ring (bicyclic) bond motifs is 2. The monoisotopic (exact) mass is 784 g/mol. The predicted octanol–water partition coefficient (Wildman–Crippen LogP) is 7.91. The first-order valence-electron chi connectivity index (χ1n) is 18.7.